The summed E-state index contributed by atoms with van der Waals surface area (Å²) in [6, 6.07) is 15.1. The van der Waals surface area contributed by atoms with Crippen LogP contribution < -0.4 is 5.32 Å². The van der Waals surface area contributed by atoms with Crippen LogP contribution in [0, 0.1) is 0 Å². The van der Waals surface area contributed by atoms with Crippen LogP contribution in [0.25, 0.3) is 5.70 Å². The van der Waals surface area contributed by atoms with Crippen LogP contribution in [0.2, 0.25) is 5.02 Å². The Hall–Kier alpha value is -2.06. The molecule has 3 rings (SSSR count). The second kappa shape index (κ2) is 5.62. The first-order valence-electron chi connectivity index (χ1n) is 7.33. The summed E-state index contributed by atoms with van der Waals surface area (Å²) in [5.41, 5.74) is 3.66. The Labute approximate surface area is 135 Å². The van der Waals surface area contributed by atoms with E-state index >= 15 is 0 Å². The predicted octanol–water partition coefficient (Wildman–Crippen LogP) is 4.49. The molecule has 1 aliphatic rings. The Morgan fingerprint density at radius 3 is 2.64 bits per heavy atom. The maximum absolute atomic E-state index is 12.5. The summed E-state index contributed by atoms with van der Waals surface area (Å²) in [7, 11) is 0. The highest BCUT2D eigenvalue weighted by Gasteiger charge is 2.28. The summed E-state index contributed by atoms with van der Waals surface area (Å²) in [5.74, 6) is 0.00157. The Morgan fingerprint density at radius 1 is 1.18 bits per heavy atom. The molecule has 0 atom stereocenters. The van der Waals surface area contributed by atoms with Crippen molar-refractivity contribution in [1.82, 2.24) is 5.32 Å². The standard InChI is InChI=1S/C19H18ClNO/c1-19(2)12-14-10-15(20)8-9-16(14)17(21-19)11-18(22)13-6-4-3-5-7-13/h3-11,21H,12H2,1-2H3. The molecule has 0 saturated heterocycles. The van der Waals surface area contributed by atoms with Gasteiger partial charge in [0, 0.05) is 33.5 Å². The maximum Gasteiger partial charge on any atom is 0.187 e. The van der Waals surface area contributed by atoms with Crippen LogP contribution in [0.1, 0.15) is 35.3 Å². The van der Waals surface area contributed by atoms with Gasteiger partial charge in [-0.25, -0.2) is 0 Å². The van der Waals surface area contributed by atoms with Crippen molar-refractivity contribution < 1.29 is 4.79 Å². The van der Waals surface area contributed by atoms with E-state index in [4.69, 9.17) is 11.6 Å². The van der Waals surface area contributed by atoms with E-state index in [1.165, 1.54) is 5.56 Å². The summed E-state index contributed by atoms with van der Waals surface area (Å²) in [6.07, 6.45) is 2.56. The second-order valence-corrected chi connectivity index (χ2v) is 6.71. The van der Waals surface area contributed by atoms with Gasteiger partial charge in [0.15, 0.2) is 5.78 Å². The number of halogens is 1. The first-order chi connectivity index (χ1) is 10.4. The Morgan fingerprint density at radius 2 is 1.91 bits per heavy atom. The zero-order valence-corrected chi connectivity index (χ0v) is 13.4. The lowest BCUT2D eigenvalue weighted by Gasteiger charge is -2.35. The molecule has 1 heterocycles. The maximum atomic E-state index is 12.5. The van der Waals surface area contributed by atoms with E-state index in [0.29, 0.717) is 5.56 Å². The van der Waals surface area contributed by atoms with Gasteiger partial charge in [0.25, 0.3) is 0 Å². The molecule has 2 nitrogen and oxygen atoms in total. The fraction of sp³-hybridized carbons (Fsp3) is 0.211. The third-order valence-electron chi connectivity index (χ3n) is 3.80. The minimum atomic E-state index is -0.111. The minimum absolute atomic E-state index is 0.00157. The van der Waals surface area contributed by atoms with Crippen LogP contribution >= 0.6 is 11.6 Å². The van der Waals surface area contributed by atoms with Crippen molar-refractivity contribution in [1.29, 1.82) is 0 Å². The van der Waals surface area contributed by atoms with Crippen molar-refractivity contribution in [3.05, 3.63) is 76.3 Å². The molecule has 22 heavy (non-hydrogen) atoms. The SMILES string of the molecule is CC1(C)Cc2cc(Cl)ccc2C(=CC(=O)c2ccccc2)N1. The van der Waals surface area contributed by atoms with Gasteiger partial charge >= 0.3 is 0 Å². The zero-order valence-electron chi connectivity index (χ0n) is 12.7. The Bertz CT molecular complexity index is 747. The highest BCUT2D eigenvalue weighted by Crippen LogP contribution is 2.31. The molecule has 0 unspecified atom stereocenters. The van der Waals surface area contributed by atoms with Gasteiger partial charge in [0.2, 0.25) is 0 Å². The molecule has 0 bridgehead atoms. The number of hydrogen-bond donors (Lipinski definition) is 1. The number of benzene rings is 2. The van der Waals surface area contributed by atoms with Crippen molar-refractivity contribution in [3.8, 4) is 0 Å². The van der Waals surface area contributed by atoms with E-state index in [2.05, 4.69) is 19.2 Å². The molecule has 0 fully saturated rings. The van der Waals surface area contributed by atoms with Crippen molar-refractivity contribution in [3.63, 3.8) is 0 Å². The van der Waals surface area contributed by atoms with Crippen molar-refractivity contribution in [2.24, 2.45) is 0 Å². The lowest BCUT2D eigenvalue weighted by atomic mass is 9.85. The highest BCUT2D eigenvalue weighted by molar-refractivity contribution is 6.30. The lowest BCUT2D eigenvalue weighted by Crippen LogP contribution is -2.43. The topological polar surface area (TPSA) is 29.1 Å². The summed E-state index contributed by atoms with van der Waals surface area (Å²) < 4.78 is 0. The second-order valence-electron chi connectivity index (χ2n) is 6.28. The number of hydrogen-bond acceptors (Lipinski definition) is 2. The molecule has 0 aromatic heterocycles. The minimum Gasteiger partial charge on any atom is -0.379 e. The average molecular weight is 312 g/mol. The molecule has 2 aromatic carbocycles. The molecule has 1 aliphatic heterocycles. The third-order valence-corrected chi connectivity index (χ3v) is 4.03. The van der Waals surface area contributed by atoms with Gasteiger partial charge in [-0.05, 0) is 38.0 Å². The lowest BCUT2D eigenvalue weighted by molar-refractivity contribution is 0.104. The van der Waals surface area contributed by atoms with Crippen LogP contribution in [-0.4, -0.2) is 11.3 Å². The quantitative estimate of drug-likeness (QED) is 0.654. The Balaban J connectivity index is 2.03. The molecule has 2 aromatic rings. The largest absolute Gasteiger partial charge is 0.379 e. The van der Waals surface area contributed by atoms with Gasteiger partial charge in [-0.3, -0.25) is 4.79 Å². The van der Waals surface area contributed by atoms with Gasteiger partial charge < -0.3 is 5.32 Å². The normalized spacial score (nSPS) is 17.7. The highest BCUT2D eigenvalue weighted by atomic mass is 35.5. The van der Waals surface area contributed by atoms with E-state index in [1.807, 2.05) is 48.5 Å². The van der Waals surface area contributed by atoms with Crippen molar-refractivity contribution in [2.45, 2.75) is 25.8 Å². The molecule has 1 N–H and O–H groups in total. The molecule has 0 aliphatic carbocycles. The van der Waals surface area contributed by atoms with Crippen LogP contribution in [0.15, 0.2) is 54.6 Å². The summed E-state index contributed by atoms with van der Waals surface area (Å²) in [4.78, 5) is 12.5. The van der Waals surface area contributed by atoms with Gasteiger partial charge in [-0.1, -0.05) is 48.0 Å². The smallest absolute Gasteiger partial charge is 0.187 e. The fourth-order valence-electron chi connectivity index (χ4n) is 2.85. The summed E-state index contributed by atoms with van der Waals surface area (Å²) >= 11 is 6.11. The molecule has 0 radical (unpaired) electrons. The van der Waals surface area contributed by atoms with E-state index in [-0.39, 0.29) is 11.3 Å². The van der Waals surface area contributed by atoms with Gasteiger partial charge in [0.1, 0.15) is 0 Å². The number of fused-ring (bicyclic) bond motifs is 1. The first-order valence-corrected chi connectivity index (χ1v) is 7.70. The number of carbonyl (C=O) groups excluding carboxylic acids is 1. The molecule has 0 spiro atoms. The van der Waals surface area contributed by atoms with E-state index < -0.39 is 0 Å². The van der Waals surface area contributed by atoms with Crippen molar-refractivity contribution >= 4 is 23.1 Å². The molecule has 3 heteroatoms. The molecule has 0 saturated carbocycles. The zero-order chi connectivity index (χ0) is 15.7. The number of nitrogens with one attached hydrogen (secondary N) is 1. The van der Waals surface area contributed by atoms with Gasteiger partial charge in [0.05, 0.1) is 0 Å². The average Bonchev–Trinajstić information content (AvgIpc) is 2.46. The van der Waals surface area contributed by atoms with Crippen LogP contribution in [-0.2, 0) is 6.42 Å². The number of carbonyl (C=O) groups is 1. The fourth-order valence-corrected chi connectivity index (χ4v) is 3.05. The van der Waals surface area contributed by atoms with Crippen LogP contribution in [0.5, 0.6) is 0 Å². The van der Waals surface area contributed by atoms with Gasteiger partial charge in [-0.2, -0.15) is 0 Å². The molecular formula is C19H18ClNO. The Kier molecular flexibility index (Phi) is 3.79. The number of ketones is 1. The van der Waals surface area contributed by atoms with Gasteiger partial charge in [-0.15, -0.1) is 0 Å². The van der Waals surface area contributed by atoms with Crippen LogP contribution in [0.4, 0.5) is 0 Å². The van der Waals surface area contributed by atoms with E-state index in [9.17, 15) is 4.79 Å². The summed E-state index contributed by atoms with van der Waals surface area (Å²) in [5, 5.41) is 4.19. The molecule has 112 valence electrons. The molecular weight excluding hydrogens is 294 g/mol. The van der Waals surface area contributed by atoms with E-state index in [1.54, 1.807) is 6.08 Å². The van der Waals surface area contributed by atoms with E-state index in [0.717, 1.165) is 22.7 Å². The van der Waals surface area contributed by atoms with Crippen LogP contribution in [0.3, 0.4) is 0 Å². The third kappa shape index (κ3) is 3.07. The van der Waals surface area contributed by atoms with Crippen molar-refractivity contribution in [2.75, 3.05) is 0 Å². The first kappa shape index (κ1) is 14.9. The monoisotopic (exact) mass is 311 g/mol. The predicted molar refractivity (Wildman–Crippen MR) is 91.1 cm³/mol. The summed E-state index contributed by atoms with van der Waals surface area (Å²) in [6.45, 7) is 4.25. The molecule has 0 amide bonds. The number of allylic oxidation sites excluding steroid dienone is 1. The number of rotatable bonds is 2.